The van der Waals surface area contributed by atoms with Crippen molar-refractivity contribution in [3.8, 4) is 0 Å². The number of carbonyl (C=O) groups excluding carboxylic acids is 1. The molecule has 6 heteroatoms. The number of nitrogens with zero attached hydrogens (tertiary/aromatic N) is 3. The monoisotopic (exact) mass is 374 g/mol. The Morgan fingerprint density at radius 3 is 2.85 bits per heavy atom. The van der Waals surface area contributed by atoms with Gasteiger partial charge in [0.1, 0.15) is 0 Å². The Hall–Kier alpha value is -1.50. The maximum absolute atomic E-state index is 12.4. The van der Waals surface area contributed by atoms with Crippen LogP contribution in [0.15, 0.2) is 18.3 Å². The van der Waals surface area contributed by atoms with Gasteiger partial charge in [0.25, 0.3) is 0 Å². The van der Waals surface area contributed by atoms with E-state index in [9.17, 15) is 4.79 Å². The first-order valence-electron chi connectivity index (χ1n) is 10.3. The summed E-state index contributed by atoms with van der Waals surface area (Å²) < 4.78 is 5.02. The molecule has 0 aliphatic carbocycles. The Morgan fingerprint density at radius 2 is 2.11 bits per heavy atom. The molecule has 2 saturated heterocycles. The Bertz CT molecular complexity index is 602. The maximum Gasteiger partial charge on any atom is 0.224 e. The van der Waals surface area contributed by atoms with Crippen molar-refractivity contribution in [3.05, 3.63) is 29.6 Å². The van der Waals surface area contributed by atoms with Crippen LogP contribution < -0.4 is 5.32 Å². The van der Waals surface area contributed by atoms with Crippen LogP contribution >= 0.6 is 0 Å². The minimum absolute atomic E-state index is 0.129. The minimum Gasteiger partial charge on any atom is -0.383 e. The summed E-state index contributed by atoms with van der Waals surface area (Å²) in [7, 11) is 1.66. The van der Waals surface area contributed by atoms with Crippen molar-refractivity contribution >= 4 is 5.91 Å². The molecule has 1 aromatic heterocycles. The third-order valence-electron chi connectivity index (χ3n) is 5.99. The maximum atomic E-state index is 12.4. The van der Waals surface area contributed by atoms with Crippen LogP contribution in [0, 0.1) is 12.8 Å². The molecule has 2 aliphatic rings. The highest BCUT2D eigenvalue weighted by Gasteiger charge is 2.31. The van der Waals surface area contributed by atoms with Crippen LogP contribution in [0.25, 0.3) is 0 Å². The number of hydrogen-bond donors (Lipinski definition) is 1. The van der Waals surface area contributed by atoms with E-state index in [0.717, 1.165) is 45.6 Å². The lowest BCUT2D eigenvalue weighted by Crippen LogP contribution is -2.50. The zero-order chi connectivity index (χ0) is 19.1. The molecule has 2 fully saturated rings. The van der Waals surface area contributed by atoms with Crippen molar-refractivity contribution in [1.82, 2.24) is 20.1 Å². The van der Waals surface area contributed by atoms with Gasteiger partial charge in [0.05, 0.1) is 18.2 Å². The van der Waals surface area contributed by atoms with Crippen molar-refractivity contribution in [3.63, 3.8) is 0 Å². The third kappa shape index (κ3) is 5.74. The Labute approximate surface area is 163 Å². The number of carbonyl (C=O) groups is 1. The molecule has 1 aromatic rings. The van der Waals surface area contributed by atoms with Crippen LogP contribution in [0.1, 0.15) is 36.9 Å². The third-order valence-corrected chi connectivity index (χ3v) is 5.99. The van der Waals surface area contributed by atoms with Gasteiger partial charge in [-0.1, -0.05) is 6.07 Å². The molecule has 3 rings (SSSR count). The summed E-state index contributed by atoms with van der Waals surface area (Å²) in [5.41, 5.74) is 2.47. The summed E-state index contributed by atoms with van der Waals surface area (Å²) in [6.07, 6.45) is 6.39. The highest BCUT2D eigenvalue weighted by Crippen LogP contribution is 2.24. The van der Waals surface area contributed by atoms with Crippen molar-refractivity contribution in [2.45, 2.75) is 45.2 Å². The molecule has 150 valence electrons. The lowest BCUT2D eigenvalue weighted by atomic mass is 9.93. The number of aryl methyl sites for hydroxylation is 1. The first-order chi connectivity index (χ1) is 13.2. The number of piperidine rings is 2. The normalized spacial score (nSPS) is 22.7. The fourth-order valence-electron chi connectivity index (χ4n) is 4.31. The number of aromatic nitrogens is 1. The number of rotatable bonds is 7. The molecule has 1 amide bonds. The van der Waals surface area contributed by atoms with Crippen molar-refractivity contribution in [2.75, 3.05) is 46.4 Å². The molecular weight excluding hydrogens is 340 g/mol. The lowest BCUT2D eigenvalue weighted by molar-refractivity contribution is -0.127. The van der Waals surface area contributed by atoms with E-state index in [-0.39, 0.29) is 11.8 Å². The average molecular weight is 375 g/mol. The number of amides is 1. The first kappa shape index (κ1) is 20.2. The fourth-order valence-corrected chi connectivity index (χ4v) is 4.31. The number of hydrogen-bond acceptors (Lipinski definition) is 5. The van der Waals surface area contributed by atoms with E-state index in [4.69, 9.17) is 4.74 Å². The Balaban J connectivity index is 1.45. The molecule has 3 heterocycles. The summed E-state index contributed by atoms with van der Waals surface area (Å²) >= 11 is 0. The molecule has 1 N–H and O–H groups in total. The SMILES string of the molecule is COCCNC(=O)C1CCCN(C2CCN(Cc3ncccc3C)CC2)C1. The molecule has 6 nitrogen and oxygen atoms in total. The van der Waals surface area contributed by atoms with Gasteiger partial charge in [-0.05, 0) is 50.8 Å². The first-order valence-corrected chi connectivity index (χ1v) is 10.3. The molecule has 0 aromatic carbocycles. The summed E-state index contributed by atoms with van der Waals surface area (Å²) in [5.74, 6) is 0.324. The van der Waals surface area contributed by atoms with Crippen LogP contribution in [0.4, 0.5) is 0 Å². The highest BCUT2D eigenvalue weighted by atomic mass is 16.5. The van der Waals surface area contributed by atoms with Gasteiger partial charge in [0.15, 0.2) is 0 Å². The van der Waals surface area contributed by atoms with Gasteiger partial charge in [-0.3, -0.25) is 19.6 Å². The van der Waals surface area contributed by atoms with E-state index in [1.807, 2.05) is 12.3 Å². The minimum atomic E-state index is 0.129. The van der Waals surface area contributed by atoms with Crippen molar-refractivity contribution in [1.29, 1.82) is 0 Å². The molecule has 0 bridgehead atoms. The quantitative estimate of drug-likeness (QED) is 0.738. The van der Waals surface area contributed by atoms with Gasteiger partial charge in [0.2, 0.25) is 5.91 Å². The topological polar surface area (TPSA) is 57.7 Å². The standard InChI is InChI=1S/C21H34N4O2/c1-17-5-3-9-22-20(17)16-24-12-7-19(8-13-24)25-11-4-6-18(15-25)21(26)23-10-14-27-2/h3,5,9,18-19H,4,6-8,10-16H2,1-2H3,(H,23,26). The van der Waals surface area contributed by atoms with Gasteiger partial charge in [-0.25, -0.2) is 0 Å². The van der Waals surface area contributed by atoms with Crippen LogP contribution in [-0.2, 0) is 16.1 Å². The Kier molecular flexibility index (Phi) is 7.61. The molecule has 0 spiro atoms. The predicted molar refractivity (Wildman–Crippen MR) is 106 cm³/mol. The van der Waals surface area contributed by atoms with E-state index in [1.54, 1.807) is 7.11 Å². The van der Waals surface area contributed by atoms with E-state index in [1.165, 1.54) is 24.1 Å². The molecule has 0 radical (unpaired) electrons. The lowest BCUT2D eigenvalue weighted by Gasteiger charge is -2.42. The largest absolute Gasteiger partial charge is 0.383 e. The van der Waals surface area contributed by atoms with Crippen LogP contribution in [0.5, 0.6) is 0 Å². The second-order valence-electron chi connectivity index (χ2n) is 7.89. The van der Waals surface area contributed by atoms with Crippen LogP contribution in [0.2, 0.25) is 0 Å². The van der Waals surface area contributed by atoms with Crippen molar-refractivity contribution < 1.29 is 9.53 Å². The molecule has 1 atom stereocenters. The number of pyridine rings is 1. The molecular formula is C21H34N4O2. The Morgan fingerprint density at radius 1 is 1.30 bits per heavy atom. The van der Waals surface area contributed by atoms with Gasteiger partial charge in [-0.2, -0.15) is 0 Å². The second-order valence-corrected chi connectivity index (χ2v) is 7.89. The molecule has 0 saturated carbocycles. The highest BCUT2D eigenvalue weighted by molar-refractivity contribution is 5.78. The smallest absolute Gasteiger partial charge is 0.224 e. The summed E-state index contributed by atoms with van der Waals surface area (Å²) in [5, 5.41) is 3.01. The zero-order valence-electron chi connectivity index (χ0n) is 16.8. The number of likely N-dealkylation sites (tertiary alicyclic amines) is 2. The zero-order valence-corrected chi connectivity index (χ0v) is 16.8. The number of nitrogens with one attached hydrogen (secondary N) is 1. The average Bonchev–Trinajstić information content (AvgIpc) is 2.70. The fraction of sp³-hybridized carbons (Fsp3) is 0.714. The van der Waals surface area contributed by atoms with E-state index < -0.39 is 0 Å². The van der Waals surface area contributed by atoms with E-state index in [0.29, 0.717) is 19.2 Å². The molecule has 2 aliphatic heterocycles. The number of ether oxygens (including phenoxy) is 1. The molecule has 27 heavy (non-hydrogen) atoms. The molecule has 1 unspecified atom stereocenters. The second kappa shape index (κ2) is 10.2. The van der Waals surface area contributed by atoms with Crippen LogP contribution in [-0.4, -0.2) is 73.2 Å². The van der Waals surface area contributed by atoms with Gasteiger partial charge >= 0.3 is 0 Å². The summed E-state index contributed by atoms with van der Waals surface area (Å²) in [6.45, 7) is 8.54. The summed E-state index contributed by atoms with van der Waals surface area (Å²) in [4.78, 5) is 22.0. The van der Waals surface area contributed by atoms with Gasteiger partial charge in [-0.15, -0.1) is 0 Å². The summed E-state index contributed by atoms with van der Waals surface area (Å²) in [6, 6.07) is 4.75. The van der Waals surface area contributed by atoms with Crippen molar-refractivity contribution in [2.24, 2.45) is 5.92 Å². The number of methoxy groups -OCH3 is 1. The van der Waals surface area contributed by atoms with Gasteiger partial charge < -0.3 is 10.1 Å². The van der Waals surface area contributed by atoms with Crippen LogP contribution in [0.3, 0.4) is 0 Å². The van der Waals surface area contributed by atoms with E-state index >= 15 is 0 Å². The van der Waals surface area contributed by atoms with E-state index in [2.05, 4.69) is 33.1 Å². The predicted octanol–water partition coefficient (Wildman–Crippen LogP) is 1.83. The van der Waals surface area contributed by atoms with Gasteiger partial charge in [0, 0.05) is 52.1 Å².